The number of amides is 1. The third-order valence-electron chi connectivity index (χ3n) is 3.95. The molecule has 0 radical (unpaired) electrons. The summed E-state index contributed by atoms with van der Waals surface area (Å²) in [6.07, 6.45) is 5.42. The van der Waals surface area contributed by atoms with Crippen molar-refractivity contribution in [2.45, 2.75) is 45.2 Å². The van der Waals surface area contributed by atoms with E-state index < -0.39 is 0 Å². The van der Waals surface area contributed by atoms with Crippen LogP contribution in [0.1, 0.15) is 48.5 Å². The molecule has 1 atom stereocenters. The molecule has 1 aliphatic rings. The van der Waals surface area contributed by atoms with E-state index in [0.717, 1.165) is 18.0 Å². The van der Waals surface area contributed by atoms with Gasteiger partial charge in [0.2, 0.25) is 5.91 Å². The molecule has 3 heteroatoms. The molecule has 1 aromatic rings. The smallest absolute Gasteiger partial charge is 0.248 e. The van der Waals surface area contributed by atoms with Gasteiger partial charge in [-0.2, -0.15) is 0 Å². The molecule has 0 unspecified atom stereocenters. The van der Waals surface area contributed by atoms with E-state index in [4.69, 9.17) is 5.73 Å². The Balaban J connectivity index is 1.89. The van der Waals surface area contributed by atoms with Gasteiger partial charge in [0.15, 0.2) is 0 Å². The highest BCUT2D eigenvalue weighted by atomic mass is 16.1. The van der Waals surface area contributed by atoms with Crippen molar-refractivity contribution in [1.82, 2.24) is 5.32 Å². The summed E-state index contributed by atoms with van der Waals surface area (Å²) in [7, 11) is 0. The molecule has 1 aromatic carbocycles. The first-order valence-corrected chi connectivity index (χ1v) is 6.79. The van der Waals surface area contributed by atoms with Crippen LogP contribution in [-0.2, 0) is 6.54 Å². The van der Waals surface area contributed by atoms with Gasteiger partial charge < -0.3 is 11.1 Å². The number of carbonyl (C=O) groups is 1. The Hall–Kier alpha value is -1.35. The molecule has 1 saturated carbocycles. The fourth-order valence-corrected chi connectivity index (χ4v) is 2.74. The predicted molar refractivity (Wildman–Crippen MR) is 73.2 cm³/mol. The Morgan fingerprint density at radius 3 is 2.83 bits per heavy atom. The first-order valence-electron chi connectivity index (χ1n) is 6.79. The zero-order valence-electron chi connectivity index (χ0n) is 11.0. The molecule has 1 amide bonds. The van der Waals surface area contributed by atoms with Crippen LogP contribution in [0.2, 0.25) is 0 Å². The van der Waals surface area contributed by atoms with E-state index in [-0.39, 0.29) is 5.91 Å². The summed E-state index contributed by atoms with van der Waals surface area (Å²) < 4.78 is 0. The molecule has 98 valence electrons. The predicted octanol–water partition coefficient (Wildman–Crippen LogP) is 2.45. The third-order valence-corrected chi connectivity index (χ3v) is 3.95. The number of benzene rings is 1. The molecule has 2 rings (SSSR count). The van der Waals surface area contributed by atoms with Gasteiger partial charge in [-0.1, -0.05) is 25.0 Å². The molecule has 0 aromatic heterocycles. The number of carbonyl (C=O) groups excluding carboxylic acids is 1. The summed E-state index contributed by atoms with van der Waals surface area (Å²) >= 11 is 0. The van der Waals surface area contributed by atoms with E-state index in [2.05, 4.69) is 12.2 Å². The summed E-state index contributed by atoms with van der Waals surface area (Å²) in [6.45, 7) is 3.06. The molecule has 0 spiro atoms. The Kier molecular flexibility index (Phi) is 4.37. The first kappa shape index (κ1) is 13.1. The monoisotopic (exact) mass is 246 g/mol. The van der Waals surface area contributed by atoms with E-state index in [0.29, 0.717) is 11.6 Å². The number of hydrogen-bond acceptors (Lipinski definition) is 2. The normalized spacial score (nSPS) is 17.8. The van der Waals surface area contributed by atoms with Crippen LogP contribution in [0.3, 0.4) is 0 Å². The molecule has 3 nitrogen and oxygen atoms in total. The van der Waals surface area contributed by atoms with E-state index in [1.807, 2.05) is 18.2 Å². The number of hydrogen-bond donors (Lipinski definition) is 2. The van der Waals surface area contributed by atoms with Crippen molar-refractivity contribution in [3.63, 3.8) is 0 Å². The van der Waals surface area contributed by atoms with Crippen LogP contribution in [-0.4, -0.2) is 11.9 Å². The zero-order valence-corrected chi connectivity index (χ0v) is 11.0. The second kappa shape index (κ2) is 6.01. The Morgan fingerprint density at radius 2 is 2.17 bits per heavy atom. The Morgan fingerprint density at radius 1 is 1.44 bits per heavy atom. The van der Waals surface area contributed by atoms with Crippen LogP contribution in [0.5, 0.6) is 0 Å². The maximum atomic E-state index is 11.1. The largest absolute Gasteiger partial charge is 0.366 e. The maximum Gasteiger partial charge on any atom is 0.248 e. The van der Waals surface area contributed by atoms with Crippen LogP contribution in [0.25, 0.3) is 0 Å². The van der Waals surface area contributed by atoms with Crippen molar-refractivity contribution in [1.29, 1.82) is 0 Å². The lowest BCUT2D eigenvalue weighted by atomic mass is 9.99. The van der Waals surface area contributed by atoms with Gasteiger partial charge in [-0.25, -0.2) is 0 Å². The molecular formula is C15H22N2O. The second-order valence-corrected chi connectivity index (χ2v) is 5.28. The van der Waals surface area contributed by atoms with E-state index in [1.165, 1.54) is 25.7 Å². The minimum absolute atomic E-state index is 0.360. The van der Waals surface area contributed by atoms with Crippen LogP contribution in [0, 0.1) is 5.92 Å². The minimum Gasteiger partial charge on any atom is -0.366 e. The van der Waals surface area contributed by atoms with E-state index >= 15 is 0 Å². The Bertz CT molecular complexity index is 411. The van der Waals surface area contributed by atoms with Gasteiger partial charge in [-0.3, -0.25) is 4.79 Å². The number of nitrogens with one attached hydrogen (secondary N) is 1. The van der Waals surface area contributed by atoms with Crippen LogP contribution < -0.4 is 11.1 Å². The highest BCUT2D eigenvalue weighted by Gasteiger charge is 2.20. The minimum atomic E-state index is -0.360. The van der Waals surface area contributed by atoms with Crippen LogP contribution in [0.15, 0.2) is 24.3 Å². The lowest BCUT2D eigenvalue weighted by Gasteiger charge is -2.20. The average molecular weight is 246 g/mol. The van der Waals surface area contributed by atoms with Gasteiger partial charge in [0.05, 0.1) is 0 Å². The van der Waals surface area contributed by atoms with Gasteiger partial charge in [-0.05, 0) is 43.4 Å². The molecule has 0 bridgehead atoms. The molecule has 0 heterocycles. The quantitative estimate of drug-likeness (QED) is 0.838. The molecular weight excluding hydrogens is 224 g/mol. The van der Waals surface area contributed by atoms with E-state index in [9.17, 15) is 4.79 Å². The lowest BCUT2D eigenvalue weighted by molar-refractivity contribution is 0.1000. The van der Waals surface area contributed by atoms with Crippen LogP contribution >= 0.6 is 0 Å². The van der Waals surface area contributed by atoms with E-state index in [1.54, 1.807) is 6.07 Å². The van der Waals surface area contributed by atoms with Gasteiger partial charge in [0, 0.05) is 18.2 Å². The van der Waals surface area contributed by atoms with Crippen molar-refractivity contribution in [2.75, 3.05) is 0 Å². The number of nitrogens with two attached hydrogens (primary N) is 1. The van der Waals surface area contributed by atoms with Crippen molar-refractivity contribution < 1.29 is 4.79 Å². The molecule has 1 fully saturated rings. The summed E-state index contributed by atoms with van der Waals surface area (Å²) in [4.78, 5) is 11.1. The first-order chi connectivity index (χ1) is 8.66. The van der Waals surface area contributed by atoms with Gasteiger partial charge in [-0.15, -0.1) is 0 Å². The third kappa shape index (κ3) is 3.33. The average Bonchev–Trinajstić information content (AvgIpc) is 2.90. The highest BCUT2D eigenvalue weighted by molar-refractivity contribution is 5.92. The second-order valence-electron chi connectivity index (χ2n) is 5.28. The van der Waals surface area contributed by atoms with Crippen molar-refractivity contribution in [2.24, 2.45) is 11.7 Å². The summed E-state index contributed by atoms with van der Waals surface area (Å²) in [5, 5.41) is 3.55. The molecule has 18 heavy (non-hydrogen) atoms. The van der Waals surface area contributed by atoms with Crippen molar-refractivity contribution in [3.05, 3.63) is 35.4 Å². The van der Waals surface area contributed by atoms with Gasteiger partial charge in [0.1, 0.15) is 0 Å². The topological polar surface area (TPSA) is 55.1 Å². The number of rotatable bonds is 5. The molecule has 1 aliphatic carbocycles. The Labute approximate surface area is 109 Å². The number of primary amides is 1. The van der Waals surface area contributed by atoms with Crippen molar-refractivity contribution in [3.8, 4) is 0 Å². The standard InChI is InChI=1S/C15H22N2O/c1-11(13-6-2-3-7-13)17-10-12-5-4-8-14(9-12)15(16)18/h4-5,8-9,11,13,17H,2-3,6-7,10H2,1H3,(H2,16,18)/t11-/m1/s1. The summed E-state index contributed by atoms with van der Waals surface area (Å²) in [5.74, 6) is 0.449. The SMILES string of the molecule is C[C@@H](NCc1cccc(C(N)=O)c1)C1CCCC1. The molecule has 3 N–H and O–H groups in total. The summed E-state index contributed by atoms with van der Waals surface area (Å²) in [5.41, 5.74) is 6.99. The fourth-order valence-electron chi connectivity index (χ4n) is 2.74. The van der Waals surface area contributed by atoms with Crippen LogP contribution in [0.4, 0.5) is 0 Å². The van der Waals surface area contributed by atoms with Gasteiger partial charge in [0.25, 0.3) is 0 Å². The molecule has 0 aliphatic heterocycles. The highest BCUT2D eigenvalue weighted by Crippen LogP contribution is 2.27. The summed E-state index contributed by atoms with van der Waals surface area (Å²) in [6, 6.07) is 8.09. The fraction of sp³-hybridized carbons (Fsp3) is 0.533. The zero-order chi connectivity index (χ0) is 13.0. The molecule has 0 saturated heterocycles. The maximum absolute atomic E-state index is 11.1. The van der Waals surface area contributed by atoms with Gasteiger partial charge >= 0.3 is 0 Å². The lowest BCUT2D eigenvalue weighted by Crippen LogP contribution is -2.31. The van der Waals surface area contributed by atoms with Crippen molar-refractivity contribution >= 4 is 5.91 Å².